The first-order valence-electron chi connectivity index (χ1n) is 12.7. The number of aryl methyl sites for hydroxylation is 1. The molecule has 40 heavy (non-hydrogen) atoms. The highest BCUT2D eigenvalue weighted by atomic mass is 32.2. The van der Waals surface area contributed by atoms with Crippen LogP contribution < -0.4 is 19.0 Å². The Balaban J connectivity index is 1.59. The van der Waals surface area contributed by atoms with Gasteiger partial charge in [-0.1, -0.05) is 18.2 Å². The van der Waals surface area contributed by atoms with Crippen LogP contribution in [0.3, 0.4) is 0 Å². The second-order valence-electron chi connectivity index (χ2n) is 10.2. The molecule has 0 fully saturated rings. The SMILES string of the molecule is COc1cc(OS(=O)(=O)c2ccco2)ccc1-c1ccc2c(c1COc1cc(F)ccc1C)C(C)=CC(C)(C)N2. The molecule has 0 amide bonds. The number of nitrogens with one attached hydrogen (secondary N) is 1. The molecule has 1 N–H and O–H groups in total. The lowest BCUT2D eigenvalue weighted by atomic mass is 9.85. The number of hydrogen-bond donors (Lipinski definition) is 1. The molecule has 208 valence electrons. The summed E-state index contributed by atoms with van der Waals surface area (Å²) in [6.07, 6.45) is 3.42. The zero-order valence-corrected chi connectivity index (χ0v) is 23.7. The minimum Gasteiger partial charge on any atom is -0.496 e. The molecule has 0 aliphatic carbocycles. The number of fused-ring (bicyclic) bond motifs is 1. The minimum atomic E-state index is -4.15. The van der Waals surface area contributed by atoms with Gasteiger partial charge in [0.2, 0.25) is 0 Å². The Labute approximate surface area is 233 Å². The van der Waals surface area contributed by atoms with Gasteiger partial charge in [-0.3, -0.25) is 0 Å². The molecular formula is C31H30FNO6S. The Kier molecular flexibility index (Phi) is 7.10. The van der Waals surface area contributed by atoms with Gasteiger partial charge >= 0.3 is 10.1 Å². The molecule has 2 heterocycles. The number of benzene rings is 3. The summed E-state index contributed by atoms with van der Waals surface area (Å²) in [5.74, 6) is 0.550. The van der Waals surface area contributed by atoms with Crippen LogP contribution in [-0.2, 0) is 16.7 Å². The van der Waals surface area contributed by atoms with E-state index in [1.807, 2.05) is 19.1 Å². The molecule has 0 radical (unpaired) electrons. The van der Waals surface area contributed by atoms with Gasteiger partial charge in [-0.15, -0.1) is 0 Å². The zero-order valence-electron chi connectivity index (χ0n) is 22.9. The highest BCUT2D eigenvalue weighted by molar-refractivity contribution is 7.87. The molecule has 0 spiro atoms. The molecule has 0 atom stereocenters. The Morgan fingerprint density at radius 1 is 0.975 bits per heavy atom. The quantitative estimate of drug-likeness (QED) is 0.224. The number of halogens is 1. The van der Waals surface area contributed by atoms with Crippen molar-refractivity contribution in [3.63, 3.8) is 0 Å². The molecule has 3 aromatic carbocycles. The van der Waals surface area contributed by atoms with Gasteiger partial charge in [-0.05, 0) is 80.8 Å². The first kappa shape index (κ1) is 27.3. The minimum absolute atomic E-state index is 0.0719. The molecule has 9 heteroatoms. The maximum Gasteiger partial charge on any atom is 0.373 e. The number of ether oxygens (including phenoxy) is 2. The first-order chi connectivity index (χ1) is 19.0. The van der Waals surface area contributed by atoms with Crippen molar-refractivity contribution in [2.24, 2.45) is 0 Å². The fourth-order valence-corrected chi connectivity index (χ4v) is 5.86. The van der Waals surface area contributed by atoms with Gasteiger partial charge in [0.15, 0.2) is 0 Å². The van der Waals surface area contributed by atoms with Crippen LogP contribution in [0, 0.1) is 12.7 Å². The fourth-order valence-electron chi connectivity index (χ4n) is 5.00. The molecule has 0 unspecified atom stereocenters. The number of rotatable bonds is 8. The fraction of sp³-hybridized carbons (Fsp3) is 0.226. The van der Waals surface area contributed by atoms with Crippen molar-refractivity contribution in [3.8, 4) is 28.4 Å². The van der Waals surface area contributed by atoms with E-state index in [0.29, 0.717) is 17.1 Å². The topological polar surface area (TPSA) is 87.0 Å². The van der Waals surface area contributed by atoms with Crippen LogP contribution in [-0.4, -0.2) is 21.1 Å². The van der Waals surface area contributed by atoms with Crippen LogP contribution in [0.15, 0.2) is 82.5 Å². The van der Waals surface area contributed by atoms with Crippen molar-refractivity contribution in [3.05, 3.63) is 95.5 Å². The summed E-state index contributed by atoms with van der Waals surface area (Å²) in [6.45, 7) is 8.26. The summed E-state index contributed by atoms with van der Waals surface area (Å²) in [6, 6.07) is 16.0. The predicted octanol–water partition coefficient (Wildman–Crippen LogP) is 7.36. The van der Waals surface area contributed by atoms with Crippen molar-refractivity contribution >= 4 is 21.4 Å². The third kappa shape index (κ3) is 5.42. The van der Waals surface area contributed by atoms with Gasteiger partial charge in [0, 0.05) is 34.5 Å². The second kappa shape index (κ2) is 10.4. The summed E-state index contributed by atoms with van der Waals surface area (Å²) in [5, 5.41) is 3.27. The van der Waals surface area contributed by atoms with Crippen molar-refractivity contribution in [1.82, 2.24) is 0 Å². The molecular weight excluding hydrogens is 533 g/mol. The Morgan fingerprint density at radius 2 is 1.75 bits per heavy atom. The van der Waals surface area contributed by atoms with E-state index in [0.717, 1.165) is 33.5 Å². The normalized spacial score (nSPS) is 14.1. The number of methoxy groups -OCH3 is 1. The molecule has 7 nitrogen and oxygen atoms in total. The van der Waals surface area contributed by atoms with Crippen LogP contribution in [0.25, 0.3) is 16.7 Å². The second-order valence-corrected chi connectivity index (χ2v) is 11.7. The highest BCUT2D eigenvalue weighted by Gasteiger charge is 2.27. The van der Waals surface area contributed by atoms with Crippen LogP contribution in [0.5, 0.6) is 17.2 Å². The van der Waals surface area contributed by atoms with Crippen molar-refractivity contribution in [2.45, 2.75) is 44.9 Å². The molecule has 5 rings (SSSR count). The molecule has 0 bridgehead atoms. The summed E-state index contributed by atoms with van der Waals surface area (Å²) >= 11 is 0. The predicted molar refractivity (Wildman–Crippen MR) is 152 cm³/mol. The Hall–Kier alpha value is -4.24. The largest absolute Gasteiger partial charge is 0.496 e. The zero-order chi connectivity index (χ0) is 28.7. The van der Waals surface area contributed by atoms with Gasteiger partial charge in [0.25, 0.3) is 5.09 Å². The lowest BCUT2D eigenvalue weighted by Gasteiger charge is -2.33. The van der Waals surface area contributed by atoms with E-state index >= 15 is 0 Å². The van der Waals surface area contributed by atoms with Gasteiger partial charge in [0.1, 0.15) is 29.7 Å². The van der Waals surface area contributed by atoms with E-state index in [1.54, 1.807) is 18.2 Å². The standard InChI is InChI=1S/C31H30FNO6S/c1-19-8-9-21(32)15-27(19)38-18-25-23(12-13-26-30(25)20(2)17-31(3,4)33-26)24-11-10-22(16-28(24)36-5)39-40(34,35)29-7-6-14-37-29/h6-17,33H,18H2,1-5H3. The van der Waals surface area contributed by atoms with E-state index < -0.39 is 10.1 Å². The van der Waals surface area contributed by atoms with Crippen LogP contribution in [0.1, 0.15) is 37.5 Å². The number of allylic oxidation sites excluding steroid dienone is 1. The van der Waals surface area contributed by atoms with Crippen molar-refractivity contribution in [2.75, 3.05) is 12.4 Å². The molecule has 4 aromatic rings. The molecule has 0 saturated heterocycles. The maximum atomic E-state index is 14.0. The lowest BCUT2D eigenvalue weighted by Crippen LogP contribution is -2.32. The van der Waals surface area contributed by atoms with Crippen LogP contribution in [0.2, 0.25) is 0 Å². The summed E-state index contributed by atoms with van der Waals surface area (Å²) in [4.78, 5) is 0. The third-order valence-corrected chi connectivity index (χ3v) is 7.81. The van der Waals surface area contributed by atoms with Crippen molar-refractivity contribution in [1.29, 1.82) is 0 Å². The summed E-state index contributed by atoms with van der Waals surface area (Å²) < 4.78 is 61.3. The van der Waals surface area contributed by atoms with Crippen LogP contribution >= 0.6 is 0 Å². The summed E-state index contributed by atoms with van der Waals surface area (Å²) in [5.41, 5.74) is 5.97. The van der Waals surface area contributed by atoms with E-state index in [-0.39, 0.29) is 28.8 Å². The van der Waals surface area contributed by atoms with Crippen molar-refractivity contribution < 1.29 is 30.9 Å². The third-order valence-electron chi connectivity index (χ3n) is 6.67. The molecule has 1 aliphatic rings. The van der Waals surface area contributed by atoms with Gasteiger partial charge in [-0.2, -0.15) is 8.42 Å². The summed E-state index contributed by atoms with van der Waals surface area (Å²) in [7, 11) is -2.64. The average Bonchev–Trinajstić information content (AvgIpc) is 3.44. The molecule has 1 aromatic heterocycles. The number of furan rings is 1. The highest BCUT2D eigenvalue weighted by Crippen LogP contribution is 2.43. The average molecular weight is 564 g/mol. The van der Waals surface area contributed by atoms with E-state index in [9.17, 15) is 12.8 Å². The first-order valence-corrected chi connectivity index (χ1v) is 14.1. The maximum absolute atomic E-state index is 14.0. The molecule has 0 saturated carbocycles. The molecule has 1 aliphatic heterocycles. The van der Waals surface area contributed by atoms with Gasteiger partial charge in [-0.25, -0.2) is 4.39 Å². The van der Waals surface area contributed by atoms with Gasteiger partial charge in [0.05, 0.1) is 18.9 Å². The number of hydrogen-bond acceptors (Lipinski definition) is 7. The van der Waals surface area contributed by atoms with Gasteiger partial charge < -0.3 is 23.4 Å². The monoisotopic (exact) mass is 563 g/mol. The Bertz CT molecular complexity index is 1710. The smallest absolute Gasteiger partial charge is 0.373 e. The van der Waals surface area contributed by atoms with E-state index in [1.165, 1.54) is 43.7 Å². The Morgan fingerprint density at radius 3 is 2.48 bits per heavy atom. The number of anilines is 1. The van der Waals surface area contributed by atoms with E-state index in [2.05, 4.69) is 32.2 Å². The lowest BCUT2D eigenvalue weighted by molar-refractivity contribution is 0.302. The van der Waals surface area contributed by atoms with E-state index in [4.69, 9.17) is 18.1 Å². The van der Waals surface area contributed by atoms with Crippen LogP contribution in [0.4, 0.5) is 10.1 Å².